The molecule has 2 aromatic heterocycles. The Morgan fingerprint density at radius 2 is 1.97 bits per heavy atom. The number of hydrogen-bond acceptors (Lipinski definition) is 8. The van der Waals surface area contributed by atoms with E-state index in [1.807, 2.05) is 29.6 Å². The molecule has 1 amide bonds. The van der Waals surface area contributed by atoms with Crippen LogP contribution in [0.5, 0.6) is 0 Å². The summed E-state index contributed by atoms with van der Waals surface area (Å²) in [4.78, 5) is 21.8. The van der Waals surface area contributed by atoms with Crippen molar-refractivity contribution in [1.82, 2.24) is 9.97 Å². The first kappa shape index (κ1) is 21.4. The van der Waals surface area contributed by atoms with E-state index in [0.29, 0.717) is 50.9 Å². The minimum absolute atomic E-state index is 0.0648. The van der Waals surface area contributed by atoms with Gasteiger partial charge in [-0.2, -0.15) is 0 Å². The van der Waals surface area contributed by atoms with Crippen molar-refractivity contribution in [2.75, 3.05) is 5.32 Å². The highest BCUT2D eigenvalue weighted by atomic mass is 35.5. The van der Waals surface area contributed by atoms with Crippen molar-refractivity contribution in [2.24, 2.45) is 5.92 Å². The van der Waals surface area contributed by atoms with E-state index >= 15 is 0 Å². The number of aliphatic hydroxyl groups is 2. The molecule has 0 spiro atoms. The summed E-state index contributed by atoms with van der Waals surface area (Å²) in [6.07, 6.45) is 1.44. The molecule has 1 fully saturated rings. The number of carbonyl (C=O) groups excluding carboxylic acids is 1. The molecule has 30 heavy (non-hydrogen) atoms. The van der Waals surface area contributed by atoms with E-state index in [1.165, 1.54) is 22.7 Å². The first-order chi connectivity index (χ1) is 14.6. The number of thiazole rings is 2. The number of aromatic nitrogens is 2. The molecular formula is C20H20ClN3O4S2. The maximum absolute atomic E-state index is 12.5. The Morgan fingerprint density at radius 3 is 2.67 bits per heavy atom. The summed E-state index contributed by atoms with van der Waals surface area (Å²) < 4.78 is 5.85. The molecular weight excluding hydrogens is 446 g/mol. The summed E-state index contributed by atoms with van der Waals surface area (Å²) in [5.41, 5.74) is 2.17. The van der Waals surface area contributed by atoms with Crippen LogP contribution >= 0.6 is 34.3 Å². The third kappa shape index (κ3) is 4.88. The van der Waals surface area contributed by atoms with E-state index in [4.69, 9.17) is 16.3 Å². The van der Waals surface area contributed by atoms with Crippen LogP contribution in [0.2, 0.25) is 5.02 Å². The number of benzene rings is 1. The van der Waals surface area contributed by atoms with Crippen molar-refractivity contribution in [2.45, 2.75) is 38.8 Å². The molecule has 0 saturated heterocycles. The van der Waals surface area contributed by atoms with Gasteiger partial charge in [0.2, 0.25) is 5.91 Å². The molecule has 10 heteroatoms. The maximum atomic E-state index is 12.5. The molecule has 2 heterocycles. The summed E-state index contributed by atoms with van der Waals surface area (Å²) in [5.74, 6) is -0.157. The Hall–Kier alpha value is -1.88. The third-order valence-electron chi connectivity index (χ3n) is 4.86. The monoisotopic (exact) mass is 465 g/mol. The normalized spacial score (nSPS) is 18.2. The fraction of sp³-hybridized carbons (Fsp3) is 0.350. The van der Waals surface area contributed by atoms with Crippen LogP contribution in [0.25, 0.3) is 10.6 Å². The minimum Gasteiger partial charge on any atom is -0.390 e. The lowest BCUT2D eigenvalue weighted by Crippen LogP contribution is -2.39. The summed E-state index contributed by atoms with van der Waals surface area (Å²) >= 11 is 8.48. The summed E-state index contributed by atoms with van der Waals surface area (Å²) in [6.45, 7) is 0.0861. The van der Waals surface area contributed by atoms with Gasteiger partial charge in [0.05, 0.1) is 42.2 Å². The molecule has 0 unspecified atom stereocenters. The molecule has 1 aliphatic rings. The zero-order chi connectivity index (χ0) is 21.1. The molecule has 0 bridgehead atoms. The Labute approximate surface area is 186 Å². The summed E-state index contributed by atoms with van der Waals surface area (Å²) in [6, 6.07) is 7.53. The minimum atomic E-state index is -0.232. The lowest BCUT2D eigenvalue weighted by Gasteiger charge is -2.33. The van der Waals surface area contributed by atoms with Gasteiger partial charge in [-0.25, -0.2) is 9.97 Å². The highest BCUT2D eigenvalue weighted by Gasteiger charge is 2.35. The van der Waals surface area contributed by atoms with Crippen LogP contribution in [0.3, 0.4) is 0 Å². The second kappa shape index (κ2) is 9.51. The molecule has 3 aromatic rings. The Morgan fingerprint density at radius 1 is 1.20 bits per heavy atom. The molecule has 0 radical (unpaired) electrons. The zero-order valence-electron chi connectivity index (χ0n) is 15.9. The van der Waals surface area contributed by atoms with Gasteiger partial charge in [0.1, 0.15) is 5.01 Å². The van der Waals surface area contributed by atoms with Crippen LogP contribution in [0.15, 0.2) is 29.6 Å². The fourth-order valence-corrected chi connectivity index (χ4v) is 4.93. The number of ether oxygens (including phenoxy) is 1. The number of amides is 1. The number of carbonyl (C=O) groups is 1. The van der Waals surface area contributed by atoms with Crippen LogP contribution in [-0.4, -0.2) is 32.2 Å². The first-order valence-corrected chi connectivity index (χ1v) is 11.5. The number of hydrogen-bond donors (Lipinski definition) is 3. The molecule has 0 atom stereocenters. The standard InChI is InChI=1S/C20H20ClN3O4S2/c21-13-3-1-11(2-4-13)9-28-14-5-12(6-14)19(27)24-20-23-16(10-29-20)18-15(7-25)22-17(8-26)30-18/h1-4,10,12,14,25-26H,5-9H2,(H,23,24,27)/t12-,14+. The van der Waals surface area contributed by atoms with Gasteiger partial charge >= 0.3 is 0 Å². The lowest BCUT2D eigenvalue weighted by atomic mass is 9.81. The molecule has 4 rings (SSSR count). The van der Waals surface area contributed by atoms with Gasteiger partial charge in [0.25, 0.3) is 0 Å². The van der Waals surface area contributed by atoms with Crippen molar-refractivity contribution in [3.05, 3.63) is 50.9 Å². The second-order valence-corrected chi connectivity index (χ2v) is 9.33. The average molecular weight is 466 g/mol. The number of nitrogens with zero attached hydrogens (tertiary/aromatic N) is 2. The number of rotatable bonds is 8. The predicted octanol–water partition coefficient (Wildman–Crippen LogP) is 3.84. The van der Waals surface area contributed by atoms with Crippen LogP contribution in [0, 0.1) is 5.92 Å². The van der Waals surface area contributed by atoms with Crippen LogP contribution < -0.4 is 5.32 Å². The lowest BCUT2D eigenvalue weighted by molar-refractivity contribution is -0.129. The van der Waals surface area contributed by atoms with Crippen molar-refractivity contribution in [3.63, 3.8) is 0 Å². The van der Waals surface area contributed by atoms with Crippen molar-refractivity contribution < 1.29 is 19.7 Å². The number of nitrogens with one attached hydrogen (secondary N) is 1. The largest absolute Gasteiger partial charge is 0.390 e. The average Bonchev–Trinajstić information content (AvgIpc) is 3.34. The molecule has 1 aromatic carbocycles. The maximum Gasteiger partial charge on any atom is 0.229 e. The van der Waals surface area contributed by atoms with E-state index in [0.717, 1.165) is 5.56 Å². The van der Waals surface area contributed by atoms with Gasteiger partial charge in [-0.15, -0.1) is 22.7 Å². The smallest absolute Gasteiger partial charge is 0.229 e. The quantitative estimate of drug-likeness (QED) is 0.467. The second-order valence-electron chi connectivity index (χ2n) is 6.95. The summed E-state index contributed by atoms with van der Waals surface area (Å²) in [7, 11) is 0. The van der Waals surface area contributed by atoms with Gasteiger partial charge in [-0.05, 0) is 30.5 Å². The van der Waals surface area contributed by atoms with Crippen LogP contribution in [0.1, 0.15) is 29.1 Å². The van der Waals surface area contributed by atoms with Gasteiger partial charge in [-0.1, -0.05) is 23.7 Å². The SMILES string of the molecule is O=C(Nc1nc(-c2sc(CO)nc2CO)cs1)[C@H]1C[C@@H](OCc2ccc(Cl)cc2)C1. The zero-order valence-corrected chi connectivity index (χ0v) is 18.3. The van der Waals surface area contributed by atoms with Gasteiger partial charge < -0.3 is 20.3 Å². The highest BCUT2D eigenvalue weighted by Crippen LogP contribution is 2.35. The molecule has 7 nitrogen and oxygen atoms in total. The van der Waals surface area contributed by atoms with Crippen molar-refractivity contribution >= 4 is 45.3 Å². The predicted molar refractivity (Wildman–Crippen MR) is 116 cm³/mol. The molecule has 158 valence electrons. The van der Waals surface area contributed by atoms with E-state index < -0.39 is 0 Å². The Kier molecular flexibility index (Phi) is 6.77. The molecule has 1 aliphatic carbocycles. The van der Waals surface area contributed by atoms with Gasteiger partial charge in [0.15, 0.2) is 5.13 Å². The van der Waals surface area contributed by atoms with Crippen LogP contribution in [0.4, 0.5) is 5.13 Å². The number of anilines is 1. The number of aliphatic hydroxyl groups excluding tert-OH is 2. The van der Waals surface area contributed by atoms with E-state index in [1.54, 1.807) is 0 Å². The first-order valence-electron chi connectivity index (χ1n) is 9.38. The number of halogens is 1. The van der Waals surface area contributed by atoms with Gasteiger partial charge in [0, 0.05) is 16.3 Å². The van der Waals surface area contributed by atoms with Gasteiger partial charge in [-0.3, -0.25) is 4.79 Å². The Bertz CT molecular complexity index is 1020. The van der Waals surface area contributed by atoms with E-state index in [2.05, 4.69) is 15.3 Å². The highest BCUT2D eigenvalue weighted by molar-refractivity contribution is 7.17. The third-order valence-corrected chi connectivity index (χ3v) is 6.97. The molecule has 1 saturated carbocycles. The van der Waals surface area contributed by atoms with Crippen LogP contribution in [-0.2, 0) is 29.4 Å². The Balaban J connectivity index is 1.27. The molecule has 0 aliphatic heterocycles. The van der Waals surface area contributed by atoms with E-state index in [-0.39, 0.29) is 31.1 Å². The fourth-order valence-electron chi connectivity index (χ4n) is 3.13. The molecule has 3 N–H and O–H groups in total. The summed E-state index contributed by atoms with van der Waals surface area (Å²) in [5, 5.41) is 25.1. The topological polar surface area (TPSA) is 105 Å². The van der Waals surface area contributed by atoms with E-state index in [9.17, 15) is 15.0 Å². The van der Waals surface area contributed by atoms with Crippen molar-refractivity contribution in [3.8, 4) is 10.6 Å². The van der Waals surface area contributed by atoms with Crippen molar-refractivity contribution in [1.29, 1.82) is 0 Å².